The van der Waals surface area contributed by atoms with Gasteiger partial charge in [-0.05, 0) is 33.3 Å². The first kappa shape index (κ1) is 23.2. The van der Waals surface area contributed by atoms with Gasteiger partial charge in [-0.25, -0.2) is 4.79 Å². The number of aryl methyl sites for hydroxylation is 1. The summed E-state index contributed by atoms with van der Waals surface area (Å²) in [6.07, 6.45) is 1.79. The van der Waals surface area contributed by atoms with Crippen molar-refractivity contribution in [2.24, 2.45) is 4.99 Å². The van der Waals surface area contributed by atoms with Crippen LogP contribution in [0.1, 0.15) is 48.9 Å². The number of aliphatic imine (C=N–C) groups is 1. The van der Waals surface area contributed by atoms with E-state index < -0.39 is 11.6 Å². The smallest absolute Gasteiger partial charge is 0.332 e. The molecule has 0 aliphatic rings. The Morgan fingerprint density at radius 2 is 1.38 bits per heavy atom. The van der Waals surface area contributed by atoms with Crippen molar-refractivity contribution >= 4 is 11.7 Å². The monoisotopic (exact) mass is 425 g/mol. The Labute approximate surface area is 191 Å². The molecular formula is C29H31NO2. The van der Waals surface area contributed by atoms with E-state index >= 15 is 0 Å². The average molecular weight is 426 g/mol. The van der Waals surface area contributed by atoms with Gasteiger partial charge in [-0.3, -0.25) is 4.99 Å². The topological polar surface area (TPSA) is 38.7 Å². The zero-order chi connectivity index (χ0) is 23.1. The molecule has 0 bridgehead atoms. The maximum Gasteiger partial charge on any atom is 0.332 e. The fourth-order valence-electron chi connectivity index (χ4n) is 3.52. The highest BCUT2D eigenvalue weighted by Gasteiger charge is 2.32. The maximum atomic E-state index is 13.4. The molecule has 0 amide bonds. The second-order valence-electron chi connectivity index (χ2n) is 8.86. The van der Waals surface area contributed by atoms with Crippen LogP contribution in [0.15, 0.2) is 103 Å². The highest BCUT2D eigenvalue weighted by molar-refractivity contribution is 6.13. The van der Waals surface area contributed by atoms with Crippen LogP contribution in [0.3, 0.4) is 0 Å². The van der Waals surface area contributed by atoms with Crippen molar-refractivity contribution in [3.05, 3.63) is 120 Å². The molecule has 3 rings (SSSR count). The molecule has 3 heteroatoms. The van der Waals surface area contributed by atoms with Gasteiger partial charge in [0.05, 0.1) is 5.71 Å². The predicted molar refractivity (Wildman–Crippen MR) is 132 cm³/mol. The number of esters is 1. The fraction of sp³-hybridized carbons (Fsp3) is 0.241. The molecule has 0 aliphatic carbocycles. The van der Waals surface area contributed by atoms with Gasteiger partial charge in [-0.1, -0.05) is 96.6 Å². The quantitative estimate of drug-likeness (QED) is 0.246. The minimum atomic E-state index is -0.773. The highest BCUT2D eigenvalue weighted by Crippen LogP contribution is 2.28. The lowest BCUT2D eigenvalue weighted by molar-refractivity contribution is -0.156. The Bertz CT molecular complexity index is 1020. The van der Waals surface area contributed by atoms with E-state index in [9.17, 15) is 4.79 Å². The van der Waals surface area contributed by atoms with Gasteiger partial charge in [0.2, 0.25) is 0 Å². The van der Waals surface area contributed by atoms with Crippen LogP contribution < -0.4 is 0 Å². The largest absolute Gasteiger partial charge is 0.458 e. The van der Waals surface area contributed by atoms with Crippen LogP contribution in [0.25, 0.3) is 0 Å². The molecule has 164 valence electrons. The lowest BCUT2D eigenvalue weighted by Gasteiger charge is -2.27. The summed E-state index contributed by atoms with van der Waals surface area (Å²) in [5.74, 6) is -0.694. The van der Waals surface area contributed by atoms with E-state index in [-0.39, 0.29) is 11.9 Å². The van der Waals surface area contributed by atoms with Gasteiger partial charge in [0, 0.05) is 17.0 Å². The molecule has 0 spiro atoms. The average Bonchev–Trinajstić information content (AvgIpc) is 2.77. The Hall–Kier alpha value is -3.46. The van der Waals surface area contributed by atoms with E-state index in [0.29, 0.717) is 0 Å². The van der Waals surface area contributed by atoms with E-state index in [2.05, 4.69) is 6.58 Å². The lowest BCUT2D eigenvalue weighted by atomic mass is 9.90. The molecule has 0 saturated carbocycles. The van der Waals surface area contributed by atoms with Crippen molar-refractivity contribution in [1.82, 2.24) is 0 Å². The number of hydrogen-bond acceptors (Lipinski definition) is 3. The minimum absolute atomic E-state index is 0.326. The lowest BCUT2D eigenvalue weighted by Crippen LogP contribution is -2.35. The van der Waals surface area contributed by atoms with Gasteiger partial charge in [0.1, 0.15) is 5.60 Å². The molecule has 0 unspecified atom stereocenters. The summed E-state index contributed by atoms with van der Waals surface area (Å²) >= 11 is 0. The van der Waals surface area contributed by atoms with Gasteiger partial charge in [-0.2, -0.15) is 0 Å². The molecule has 0 aliphatic heterocycles. The minimum Gasteiger partial charge on any atom is -0.458 e. The SMILES string of the molecule is C=C[C@@H](c1ccc(C)cc1)[C@H](N=C(c1ccccc1)c1ccccc1)C(=O)OC(C)(C)C. The normalized spacial score (nSPS) is 13.0. The molecule has 0 fully saturated rings. The molecular weight excluding hydrogens is 394 g/mol. The molecule has 3 aromatic carbocycles. The van der Waals surface area contributed by atoms with E-state index in [1.807, 2.05) is 113 Å². The number of nitrogens with zero attached hydrogens (tertiary/aromatic N) is 1. The van der Waals surface area contributed by atoms with Gasteiger partial charge in [-0.15, -0.1) is 6.58 Å². The first-order valence-electron chi connectivity index (χ1n) is 10.9. The van der Waals surface area contributed by atoms with Crippen molar-refractivity contribution in [3.8, 4) is 0 Å². The van der Waals surface area contributed by atoms with E-state index in [4.69, 9.17) is 9.73 Å². The van der Waals surface area contributed by atoms with Crippen molar-refractivity contribution in [1.29, 1.82) is 0 Å². The summed E-state index contributed by atoms with van der Waals surface area (Å²) < 4.78 is 5.81. The summed E-state index contributed by atoms with van der Waals surface area (Å²) in [6, 6.07) is 27.2. The van der Waals surface area contributed by atoms with Crippen molar-refractivity contribution in [2.45, 2.75) is 45.3 Å². The van der Waals surface area contributed by atoms with E-state index in [1.54, 1.807) is 6.08 Å². The van der Waals surface area contributed by atoms with Crippen LogP contribution in [0, 0.1) is 6.92 Å². The zero-order valence-electron chi connectivity index (χ0n) is 19.3. The number of ether oxygens (including phenoxy) is 1. The molecule has 0 radical (unpaired) electrons. The van der Waals surface area contributed by atoms with Crippen molar-refractivity contribution < 1.29 is 9.53 Å². The van der Waals surface area contributed by atoms with E-state index in [1.165, 1.54) is 0 Å². The third kappa shape index (κ3) is 6.04. The second-order valence-corrected chi connectivity index (χ2v) is 8.86. The Morgan fingerprint density at radius 3 is 1.81 bits per heavy atom. The molecule has 0 N–H and O–H groups in total. The van der Waals surface area contributed by atoms with Crippen LogP contribution in [0.2, 0.25) is 0 Å². The predicted octanol–water partition coefficient (Wildman–Crippen LogP) is 6.51. The third-order valence-electron chi connectivity index (χ3n) is 5.07. The fourth-order valence-corrected chi connectivity index (χ4v) is 3.52. The molecule has 0 saturated heterocycles. The Balaban J connectivity index is 2.17. The Morgan fingerprint density at radius 1 is 0.875 bits per heavy atom. The summed E-state index contributed by atoms with van der Waals surface area (Å²) in [5.41, 5.74) is 4.15. The molecule has 3 nitrogen and oxygen atoms in total. The van der Waals surface area contributed by atoms with E-state index in [0.717, 1.165) is 28.0 Å². The zero-order valence-corrected chi connectivity index (χ0v) is 19.3. The van der Waals surface area contributed by atoms with Crippen LogP contribution in [-0.2, 0) is 9.53 Å². The standard InChI is InChI=1S/C29H31NO2/c1-6-25(22-19-17-21(2)18-20-22)27(28(31)32-29(3,4)5)30-26(23-13-9-7-10-14-23)24-15-11-8-12-16-24/h6-20,25,27H,1H2,2-5H3/t25-,27-/m0/s1. The first-order chi connectivity index (χ1) is 15.3. The van der Waals surface area contributed by atoms with Gasteiger partial charge < -0.3 is 4.74 Å². The Kier molecular flexibility index (Phi) is 7.42. The number of carbonyl (C=O) groups is 1. The van der Waals surface area contributed by atoms with Crippen molar-refractivity contribution in [2.75, 3.05) is 0 Å². The third-order valence-corrected chi connectivity index (χ3v) is 5.07. The number of carbonyl (C=O) groups excluding carboxylic acids is 1. The number of hydrogen-bond donors (Lipinski definition) is 0. The second kappa shape index (κ2) is 10.2. The van der Waals surface area contributed by atoms with Crippen LogP contribution in [-0.4, -0.2) is 23.3 Å². The summed E-state index contributed by atoms with van der Waals surface area (Å²) in [5, 5.41) is 0. The molecule has 0 heterocycles. The summed E-state index contributed by atoms with van der Waals surface area (Å²) in [4.78, 5) is 18.5. The summed E-state index contributed by atoms with van der Waals surface area (Å²) in [6.45, 7) is 11.7. The van der Waals surface area contributed by atoms with Gasteiger partial charge >= 0.3 is 5.97 Å². The van der Waals surface area contributed by atoms with Crippen LogP contribution >= 0.6 is 0 Å². The number of rotatable bonds is 7. The van der Waals surface area contributed by atoms with Crippen LogP contribution in [0.4, 0.5) is 0 Å². The molecule has 32 heavy (non-hydrogen) atoms. The first-order valence-corrected chi connectivity index (χ1v) is 10.9. The van der Waals surface area contributed by atoms with Gasteiger partial charge in [0.15, 0.2) is 6.04 Å². The van der Waals surface area contributed by atoms with Crippen LogP contribution in [0.5, 0.6) is 0 Å². The molecule has 0 aromatic heterocycles. The number of benzene rings is 3. The molecule has 2 atom stereocenters. The maximum absolute atomic E-state index is 13.4. The van der Waals surface area contributed by atoms with Crippen molar-refractivity contribution in [3.63, 3.8) is 0 Å². The van der Waals surface area contributed by atoms with Gasteiger partial charge in [0.25, 0.3) is 0 Å². The highest BCUT2D eigenvalue weighted by atomic mass is 16.6. The summed E-state index contributed by atoms with van der Waals surface area (Å²) in [7, 11) is 0. The molecule has 3 aromatic rings.